The van der Waals surface area contributed by atoms with Crippen LogP contribution in [0.3, 0.4) is 0 Å². The Balaban J connectivity index is 1.70. The van der Waals surface area contributed by atoms with Crippen molar-refractivity contribution in [3.8, 4) is 28.4 Å². The van der Waals surface area contributed by atoms with Crippen LogP contribution in [0.25, 0.3) is 11.1 Å². The second kappa shape index (κ2) is 9.13. The van der Waals surface area contributed by atoms with E-state index >= 15 is 8.78 Å². The molecule has 0 N–H and O–H groups in total. The zero-order valence-electron chi connectivity index (χ0n) is 17.8. The first kappa shape index (κ1) is 22.6. The number of fused-ring (bicyclic) bond motifs is 3. The van der Waals surface area contributed by atoms with Gasteiger partial charge in [-0.1, -0.05) is 12.1 Å². The summed E-state index contributed by atoms with van der Waals surface area (Å²) in [6.07, 6.45) is -4.99. The number of halogens is 4. The molecule has 172 valence electrons. The lowest BCUT2D eigenvalue weighted by Crippen LogP contribution is -2.19. The van der Waals surface area contributed by atoms with Crippen LogP contribution in [0.2, 0.25) is 0 Å². The molecular formula is C25H20F4O4. The van der Waals surface area contributed by atoms with Crippen molar-refractivity contribution in [2.45, 2.75) is 26.2 Å². The minimum Gasteiger partial charge on any atom is -0.494 e. The molecule has 0 saturated heterocycles. The molecule has 0 heterocycles. The number of carbonyl (C=O) groups excluding carboxylic acids is 1. The molecule has 0 radical (unpaired) electrons. The molecule has 4 rings (SSSR count). The molecule has 1 aliphatic carbocycles. The van der Waals surface area contributed by atoms with Gasteiger partial charge in [0.05, 0.1) is 18.8 Å². The Morgan fingerprint density at radius 2 is 1.30 bits per heavy atom. The molecule has 2 atom stereocenters. The molecule has 0 aliphatic heterocycles. The van der Waals surface area contributed by atoms with E-state index in [9.17, 15) is 13.6 Å². The molecule has 0 aromatic heterocycles. The fourth-order valence-electron chi connectivity index (χ4n) is 3.82. The van der Waals surface area contributed by atoms with Crippen LogP contribution in [0, 0.1) is 11.6 Å². The number of hydrogen-bond acceptors (Lipinski definition) is 4. The summed E-state index contributed by atoms with van der Waals surface area (Å²) in [4.78, 5) is 12.5. The van der Waals surface area contributed by atoms with E-state index in [0.29, 0.717) is 12.4 Å². The molecule has 0 bridgehead atoms. The van der Waals surface area contributed by atoms with Crippen molar-refractivity contribution in [2.24, 2.45) is 0 Å². The maximum atomic E-state index is 15.2. The van der Waals surface area contributed by atoms with Crippen molar-refractivity contribution in [1.29, 1.82) is 0 Å². The van der Waals surface area contributed by atoms with Crippen molar-refractivity contribution in [3.63, 3.8) is 0 Å². The number of rotatable bonds is 6. The van der Waals surface area contributed by atoms with E-state index < -0.39 is 46.6 Å². The molecule has 2 unspecified atom stereocenters. The van der Waals surface area contributed by atoms with Gasteiger partial charge in [-0.05, 0) is 61.4 Å². The fraction of sp³-hybridized carbons (Fsp3) is 0.240. The third-order valence-electron chi connectivity index (χ3n) is 5.29. The Morgan fingerprint density at radius 1 is 0.758 bits per heavy atom. The zero-order chi connectivity index (χ0) is 23.7. The van der Waals surface area contributed by atoms with E-state index in [1.165, 1.54) is 30.3 Å². The Hall–Kier alpha value is -3.55. The number of benzene rings is 3. The highest BCUT2D eigenvalue weighted by atomic mass is 19.2. The number of alkyl halides is 2. The summed E-state index contributed by atoms with van der Waals surface area (Å²) in [5.74, 6) is -2.90. The maximum Gasteiger partial charge on any atom is 0.346 e. The van der Waals surface area contributed by atoms with Gasteiger partial charge in [-0.15, -0.1) is 0 Å². The molecule has 1 aliphatic rings. The molecule has 4 nitrogen and oxygen atoms in total. The maximum absolute atomic E-state index is 15.2. The summed E-state index contributed by atoms with van der Waals surface area (Å²) in [5, 5.41) is 0. The van der Waals surface area contributed by atoms with Crippen LogP contribution in [0.1, 0.15) is 47.7 Å². The standard InChI is InChI=1S/C25H20F4O4/c1-3-31-13-5-7-14(8-6-13)33-25(30)17-10-9-15-16-11-12-18(32-4-2)22(27)20(16)24(29)23(28)19(15)21(17)26/h5-12,23-24H,3-4H2,1-2H3. The lowest BCUT2D eigenvalue weighted by molar-refractivity contribution is 0.0728. The third-order valence-corrected chi connectivity index (χ3v) is 5.29. The number of hydrogen-bond donors (Lipinski definition) is 0. The van der Waals surface area contributed by atoms with Gasteiger partial charge in [-0.25, -0.2) is 22.4 Å². The highest BCUT2D eigenvalue weighted by Gasteiger charge is 2.40. The van der Waals surface area contributed by atoms with Gasteiger partial charge in [0.2, 0.25) is 0 Å². The van der Waals surface area contributed by atoms with Crippen molar-refractivity contribution in [2.75, 3.05) is 13.2 Å². The summed E-state index contributed by atoms with van der Waals surface area (Å²) in [6, 6.07) is 11.0. The summed E-state index contributed by atoms with van der Waals surface area (Å²) in [6.45, 7) is 4.04. The van der Waals surface area contributed by atoms with Gasteiger partial charge >= 0.3 is 5.97 Å². The summed E-state index contributed by atoms with van der Waals surface area (Å²) < 4.78 is 75.5. The van der Waals surface area contributed by atoms with Crippen LogP contribution in [0.5, 0.6) is 17.2 Å². The highest BCUT2D eigenvalue weighted by Crippen LogP contribution is 2.51. The molecule has 3 aromatic carbocycles. The Labute approximate surface area is 187 Å². The van der Waals surface area contributed by atoms with Crippen LogP contribution in [-0.2, 0) is 0 Å². The smallest absolute Gasteiger partial charge is 0.346 e. The molecule has 0 saturated carbocycles. The Morgan fingerprint density at radius 3 is 1.91 bits per heavy atom. The van der Waals surface area contributed by atoms with Crippen molar-refractivity contribution in [1.82, 2.24) is 0 Å². The monoisotopic (exact) mass is 460 g/mol. The van der Waals surface area contributed by atoms with Gasteiger partial charge in [0.25, 0.3) is 0 Å². The summed E-state index contributed by atoms with van der Waals surface area (Å²) >= 11 is 0. The molecule has 8 heteroatoms. The molecule has 0 spiro atoms. The first-order valence-electron chi connectivity index (χ1n) is 10.4. The third kappa shape index (κ3) is 4.01. The van der Waals surface area contributed by atoms with Crippen LogP contribution >= 0.6 is 0 Å². The van der Waals surface area contributed by atoms with Crippen LogP contribution < -0.4 is 14.2 Å². The first-order chi connectivity index (χ1) is 15.9. The number of carbonyl (C=O) groups is 1. The molecular weight excluding hydrogens is 440 g/mol. The fourth-order valence-corrected chi connectivity index (χ4v) is 3.82. The number of esters is 1. The Bertz CT molecular complexity index is 1190. The SMILES string of the molecule is CCOc1ccc(OC(=O)c2ccc3c(c2F)C(F)C(F)c2c-3ccc(OCC)c2F)cc1. The van der Waals surface area contributed by atoms with Crippen molar-refractivity contribution < 1.29 is 36.6 Å². The van der Waals surface area contributed by atoms with Gasteiger partial charge in [-0.3, -0.25) is 0 Å². The molecule has 33 heavy (non-hydrogen) atoms. The van der Waals surface area contributed by atoms with E-state index in [0.717, 1.165) is 6.07 Å². The largest absolute Gasteiger partial charge is 0.494 e. The number of ether oxygens (including phenoxy) is 3. The van der Waals surface area contributed by atoms with Crippen LogP contribution in [0.4, 0.5) is 17.6 Å². The summed E-state index contributed by atoms with van der Waals surface area (Å²) in [5.41, 5.74) is -1.79. The van der Waals surface area contributed by atoms with Gasteiger partial charge in [0.1, 0.15) is 17.3 Å². The van der Waals surface area contributed by atoms with E-state index in [1.54, 1.807) is 19.1 Å². The Kier molecular flexibility index (Phi) is 6.26. The quantitative estimate of drug-likeness (QED) is 0.234. The van der Waals surface area contributed by atoms with Gasteiger partial charge in [0, 0.05) is 11.1 Å². The molecule has 0 amide bonds. The lowest BCUT2D eigenvalue weighted by Gasteiger charge is -2.28. The van der Waals surface area contributed by atoms with E-state index in [2.05, 4.69) is 0 Å². The zero-order valence-corrected chi connectivity index (χ0v) is 17.8. The van der Waals surface area contributed by atoms with Gasteiger partial charge in [0.15, 0.2) is 23.9 Å². The molecule has 0 fully saturated rings. The van der Waals surface area contributed by atoms with E-state index in [1.807, 2.05) is 6.92 Å². The molecule has 3 aromatic rings. The topological polar surface area (TPSA) is 44.8 Å². The highest BCUT2D eigenvalue weighted by molar-refractivity contribution is 5.93. The van der Waals surface area contributed by atoms with Crippen molar-refractivity contribution in [3.05, 3.63) is 76.9 Å². The van der Waals surface area contributed by atoms with E-state index in [4.69, 9.17) is 14.2 Å². The van der Waals surface area contributed by atoms with E-state index in [-0.39, 0.29) is 29.2 Å². The second-order valence-electron chi connectivity index (χ2n) is 7.26. The lowest BCUT2D eigenvalue weighted by atomic mass is 9.81. The average molecular weight is 460 g/mol. The van der Waals surface area contributed by atoms with Gasteiger partial charge < -0.3 is 14.2 Å². The first-order valence-corrected chi connectivity index (χ1v) is 10.4. The average Bonchev–Trinajstić information content (AvgIpc) is 2.80. The van der Waals surface area contributed by atoms with Gasteiger partial charge in [-0.2, -0.15) is 0 Å². The predicted octanol–water partition coefficient (Wildman–Crippen LogP) is 6.68. The minimum absolute atomic E-state index is 0.00215. The summed E-state index contributed by atoms with van der Waals surface area (Å²) in [7, 11) is 0. The normalized spacial score (nSPS) is 16.5. The predicted molar refractivity (Wildman–Crippen MR) is 113 cm³/mol. The van der Waals surface area contributed by atoms with Crippen LogP contribution in [-0.4, -0.2) is 19.2 Å². The minimum atomic E-state index is -2.52. The van der Waals surface area contributed by atoms with Crippen LogP contribution in [0.15, 0.2) is 48.5 Å². The second-order valence-corrected chi connectivity index (χ2v) is 7.26. The van der Waals surface area contributed by atoms with Crippen molar-refractivity contribution >= 4 is 5.97 Å².